The summed E-state index contributed by atoms with van der Waals surface area (Å²) in [6.07, 6.45) is 0.648. The molecular weight excluding hydrogens is 356 g/mol. The number of phenolic OH excluding ortho intramolecular Hbond substituents is 1. The van der Waals surface area contributed by atoms with E-state index in [-0.39, 0.29) is 11.3 Å². The number of ether oxygens (including phenoxy) is 1. The summed E-state index contributed by atoms with van der Waals surface area (Å²) in [6.45, 7) is 0.0124. The summed E-state index contributed by atoms with van der Waals surface area (Å²) in [6, 6.07) is 20.0. The molecule has 3 aromatic carbocycles. The van der Waals surface area contributed by atoms with Crippen molar-refractivity contribution in [1.29, 1.82) is 0 Å². The molecule has 1 aliphatic heterocycles. The van der Waals surface area contributed by atoms with Crippen LogP contribution in [0.2, 0.25) is 0 Å². The second-order valence-corrected chi connectivity index (χ2v) is 6.44. The number of esters is 1. The lowest BCUT2D eigenvalue weighted by atomic mass is 10.1. The highest BCUT2D eigenvalue weighted by Crippen LogP contribution is 2.29. The van der Waals surface area contributed by atoms with Gasteiger partial charge in [0.1, 0.15) is 11.3 Å². The van der Waals surface area contributed by atoms with Gasteiger partial charge >= 0.3 is 5.97 Å². The molecule has 0 unspecified atom stereocenters. The van der Waals surface area contributed by atoms with Gasteiger partial charge in [-0.1, -0.05) is 60.7 Å². The summed E-state index contributed by atoms with van der Waals surface area (Å²) in [5, 5.41) is 17.3. The van der Waals surface area contributed by atoms with E-state index in [0.717, 1.165) is 16.7 Å². The van der Waals surface area contributed by atoms with E-state index in [9.17, 15) is 14.7 Å². The first-order valence-electron chi connectivity index (χ1n) is 8.94. The number of hydrogen-bond acceptors (Lipinski definition) is 5. The first kappa shape index (κ1) is 17.7. The highest BCUT2D eigenvalue weighted by Gasteiger charge is 2.23. The van der Waals surface area contributed by atoms with Gasteiger partial charge in [0.25, 0.3) is 5.91 Å². The van der Waals surface area contributed by atoms with Gasteiger partial charge in [-0.15, -0.1) is 0 Å². The quantitative estimate of drug-likeness (QED) is 0.711. The van der Waals surface area contributed by atoms with Crippen molar-refractivity contribution in [2.75, 3.05) is 13.2 Å². The Morgan fingerprint density at radius 3 is 2.57 bits per heavy atom. The minimum absolute atomic E-state index is 0.0291. The number of fused-ring (bicyclic) bond motifs is 1. The fraction of sp³-hybridized carbons (Fsp3) is 0.136. The number of phenols is 1. The molecule has 4 rings (SSSR count). The van der Waals surface area contributed by atoms with E-state index in [4.69, 9.17) is 4.74 Å². The average Bonchev–Trinajstić information content (AvgIpc) is 3.23. The molecule has 0 atom stereocenters. The van der Waals surface area contributed by atoms with Gasteiger partial charge in [0.15, 0.2) is 6.61 Å². The molecule has 0 saturated carbocycles. The van der Waals surface area contributed by atoms with Crippen molar-refractivity contribution in [2.24, 2.45) is 5.10 Å². The Hall–Kier alpha value is -3.67. The number of nitrogens with zero attached hydrogens (tertiary/aromatic N) is 2. The van der Waals surface area contributed by atoms with Crippen molar-refractivity contribution in [2.45, 2.75) is 6.42 Å². The molecule has 0 saturated heterocycles. The zero-order valence-corrected chi connectivity index (χ0v) is 15.0. The van der Waals surface area contributed by atoms with E-state index in [1.807, 2.05) is 42.5 Å². The van der Waals surface area contributed by atoms with Gasteiger partial charge in [0, 0.05) is 11.8 Å². The van der Waals surface area contributed by atoms with Crippen LogP contribution in [0.4, 0.5) is 0 Å². The van der Waals surface area contributed by atoms with Crippen molar-refractivity contribution in [3.8, 4) is 5.75 Å². The van der Waals surface area contributed by atoms with Crippen LogP contribution in [-0.4, -0.2) is 40.9 Å². The summed E-state index contributed by atoms with van der Waals surface area (Å²) < 4.78 is 5.11. The Morgan fingerprint density at radius 1 is 1.00 bits per heavy atom. The van der Waals surface area contributed by atoms with Crippen molar-refractivity contribution in [3.63, 3.8) is 0 Å². The SMILES string of the molecule is O=C(OCC(=O)N1CCC(c2ccccc2)=N1)c1ccc2ccccc2c1O. The van der Waals surface area contributed by atoms with Gasteiger partial charge in [0.05, 0.1) is 12.3 Å². The Bertz CT molecular complexity index is 1080. The van der Waals surface area contributed by atoms with Gasteiger partial charge in [-0.3, -0.25) is 4.79 Å². The molecule has 6 nitrogen and oxygen atoms in total. The molecule has 1 heterocycles. The third kappa shape index (κ3) is 3.44. The summed E-state index contributed by atoms with van der Waals surface area (Å²) in [5.41, 5.74) is 1.82. The number of carbonyl (C=O) groups excluding carboxylic acids is 2. The summed E-state index contributed by atoms with van der Waals surface area (Å²) in [7, 11) is 0. The molecule has 0 bridgehead atoms. The maximum absolute atomic E-state index is 12.3. The molecular formula is C22H18N2O4. The third-order valence-corrected chi connectivity index (χ3v) is 4.64. The largest absolute Gasteiger partial charge is 0.506 e. The van der Waals surface area contributed by atoms with Gasteiger partial charge in [0.2, 0.25) is 0 Å². The fourth-order valence-electron chi connectivity index (χ4n) is 3.17. The molecule has 0 aromatic heterocycles. The van der Waals surface area contributed by atoms with E-state index in [1.165, 1.54) is 11.1 Å². The van der Waals surface area contributed by atoms with Crippen LogP contribution in [0.15, 0.2) is 71.8 Å². The summed E-state index contributed by atoms with van der Waals surface area (Å²) in [5.74, 6) is -1.30. The van der Waals surface area contributed by atoms with E-state index in [0.29, 0.717) is 18.4 Å². The smallest absolute Gasteiger partial charge is 0.342 e. The highest BCUT2D eigenvalue weighted by molar-refractivity contribution is 6.03. The molecule has 3 aromatic rings. The van der Waals surface area contributed by atoms with Crippen molar-refractivity contribution in [1.82, 2.24) is 5.01 Å². The van der Waals surface area contributed by atoms with Gasteiger partial charge in [-0.25, -0.2) is 9.80 Å². The van der Waals surface area contributed by atoms with E-state index in [1.54, 1.807) is 18.2 Å². The molecule has 1 N–H and O–H groups in total. The molecule has 1 aliphatic rings. The molecule has 1 amide bonds. The molecule has 0 aliphatic carbocycles. The first-order valence-corrected chi connectivity index (χ1v) is 8.94. The predicted molar refractivity (Wildman–Crippen MR) is 105 cm³/mol. The molecule has 140 valence electrons. The maximum Gasteiger partial charge on any atom is 0.342 e. The molecule has 0 spiro atoms. The Kier molecular flexibility index (Phi) is 4.76. The lowest BCUT2D eigenvalue weighted by Gasteiger charge is -2.12. The number of hydrazone groups is 1. The van der Waals surface area contributed by atoms with Crippen LogP contribution >= 0.6 is 0 Å². The monoisotopic (exact) mass is 374 g/mol. The Labute approximate surface area is 161 Å². The van der Waals surface area contributed by atoms with Crippen molar-refractivity contribution >= 4 is 28.4 Å². The van der Waals surface area contributed by atoms with E-state index >= 15 is 0 Å². The zero-order valence-electron chi connectivity index (χ0n) is 15.0. The second kappa shape index (κ2) is 7.52. The van der Waals surface area contributed by atoms with Crippen LogP contribution in [-0.2, 0) is 9.53 Å². The summed E-state index contributed by atoms with van der Waals surface area (Å²) in [4.78, 5) is 24.7. The Balaban J connectivity index is 1.42. The van der Waals surface area contributed by atoms with Crippen molar-refractivity contribution < 1.29 is 19.4 Å². The standard InChI is InChI=1S/C22H18N2O4/c25-20(24-13-12-19(23-24)16-7-2-1-3-8-16)14-28-22(27)18-11-10-15-6-4-5-9-17(15)21(18)26/h1-11,26H,12-14H2. The molecule has 0 radical (unpaired) electrons. The van der Waals surface area contributed by atoms with E-state index in [2.05, 4.69) is 5.10 Å². The predicted octanol–water partition coefficient (Wildman–Crippen LogP) is 3.34. The lowest BCUT2D eigenvalue weighted by molar-refractivity contribution is -0.134. The Morgan fingerprint density at radius 2 is 1.75 bits per heavy atom. The topological polar surface area (TPSA) is 79.2 Å². The number of carbonyl (C=O) groups is 2. The number of hydrogen-bond donors (Lipinski definition) is 1. The van der Waals surface area contributed by atoms with Crippen LogP contribution < -0.4 is 0 Å². The molecule has 0 fully saturated rings. The summed E-state index contributed by atoms with van der Waals surface area (Å²) >= 11 is 0. The number of benzene rings is 3. The average molecular weight is 374 g/mol. The van der Waals surface area contributed by atoms with Crippen molar-refractivity contribution in [3.05, 3.63) is 77.9 Å². The number of amides is 1. The second-order valence-electron chi connectivity index (χ2n) is 6.44. The fourth-order valence-corrected chi connectivity index (χ4v) is 3.17. The van der Waals surface area contributed by atoms with Crippen LogP contribution in [0.5, 0.6) is 5.75 Å². The number of rotatable bonds is 4. The van der Waals surface area contributed by atoms with Crippen LogP contribution in [0.3, 0.4) is 0 Å². The molecule has 6 heteroatoms. The van der Waals surface area contributed by atoms with Gasteiger partial charge < -0.3 is 9.84 Å². The van der Waals surface area contributed by atoms with Crippen LogP contribution in [0.1, 0.15) is 22.3 Å². The minimum Gasteiger partial charge on any atom is -0.506 e. The minimum atomic E-state index is -0.747. The normalized spacial score (nSPS) is 13.4. The molecule has 28 heavy (non-hydrogen) atoms. The number of aromatic hydroxyl groups is 1. The van der Waals surface area contributed by atoms with Crippen LogP contribution in [0.25, 0.3) is 10.8 Å². The maximum atomic E-state index is 12.3. The van der Waals surface area contributed by atoms with E-state index < -0.39 is 18.5 Å². The third-order valence-electron chi connectivity index (χ3n) is 4.64. The van der Waals surface area contributed by atoms with Gasteiger partial charge in [-0.2, -0.15) is 5.10 Å². The first-order chi connectivity index (χ1) is 13.6. The lowest BCUT2D eigenvalue weighted by Crippen LogP contribution is -2.28. The van der Waals surface area contributed by atoms with Crippen LogP contribution in [0, 0.1) is 0 Å². The highest BCUT2D eigenvalue weighted by atomic mass is 16.5. The zero-order chi connectivity index (χ0) is 19.5. The van der Waals surface area contributed by atoms with Gasteiger partial charge in [-0.05, 0) is 17.0 Å².